The van der Waals surface area contributed by atoms with Crippen LogP contribution in [0.2, 0.25) is 0 Å². The highest BCUT2D eigenvalue weighted by Gasteiger charge is 2.10. The van der Waals surface area contributed by atoms with Gasteiger partial charge in [-0.2, -0.15) is 0 Å². The van der Waals surface area contributed by atoms with Crippen LogP contribution in [-0.4, -0.2) is 23.7 Å². The van der Waals surface area contributed by atoms with Gasteiger partial charge in [-0.05, 0) is 31.5 Å². The number of urea groups is 1. The number of carbonyl (C=O) groups excluding carboxylic acids is 2. The van der Waals surface area contributed by atoms with Crippen LogP contribution in [0, 0.1) is 11.6 Å². The smallest absolute Gasteiger partial charge is 0.321 e. The lowest BCUT2D eigenvalue weighted by Crippen LogP contribution is -2.43. The van der Waals surface area contributed by atoms with Crippen molar-refractivity contribution in [2.45, 2.75) is 31.2 Å². The molecule has 0 bridgehead atoms. The van der Waals surface area contributed by atoms with Crippen LogP contribution in [0.5, 0.6) is 0 Å². The molecule has 0 fully saturated rings. The van der Waals surface area contributed by atoms with Crippen LogP contribution >= 0.6 is 11.8 Å². The van der Waals surface area contributed by atoms with Crippen molar-refractivity contribution in [3.05, 3.63) is 29.8 Å². The zero-order valence-electron chi connectivity index (χ0n) is 11.2. The molecule has 1 rings (SSSR count). The van der Waals surface area contributed by atoms with Gasteiger partial charge in [0.2, 0.25) is 5.91 Å². The third-order valence-corrected chi connectivity index (χ3v) is 3.50. The van der Waals surface area contributed by atoms with E-state index in [4.69, 9.17) is 0 Å². The van der Waals surface area contributed by atoms with Crippen LogP contribution in [0.1, 0.15) is 20.3 Å². The van der Waals surface area contributed by atoms with Crippen molar-refractivity contribution in [1.82, 2.24) is 10.6 Å². The van der Waals surface area contributed by atoms with Crippen LogP contribution in [-0.2, 0) is 4.79 Å². The predicted molar refractivity (Wildman–Crippen MR) is 73.5 cm³/mol. The number of carbonyl (C=O) groups is 2. The summed E-state index contributed by atoms with van der Waals surface area (Å²) in [5, 5.41) is 4.75. The lowest BCUT2D eigenvalue weighted by Gasteiger charge is -2.11. The topological polar surface area (TPSA) is 58.2 Å². The zero-order chi connectivity index (χ0) is 15.1. The fraction of sp³-hybridized carbons (Fsp3) is 0.385. The van der Waals surface area contributed by atoms with Gasteiger partial charge >= 0.3 is 6.03 Å². The Hall–Kier alpha value is -1.63. The van der Waals surface area contributed by atoms with Gasteiger partial charge in [0, 0.05) is 10.9 Å². The highest BCUT2D eigenvalue weighted by atomic mass is 32.2. The Morgan fingerprint density at radius 3 is 2.60 bits per heavy atom. The monoisotopic (exact) mass is 302 g/mol. The normalized spacial score (nSPS) is 11.8. The lowest BCUT2D eigenvalue weighted by atomic mass is 10.3. The zero-order valence-corrected chi connectivity index (χ0v) is 12.0. The molecule has 0 aliphatic rings. The predicted octanol–water partition coefficient (Wildman–Crippen LogP) is 2.68. The second-order valence-electron chi connectivity index (χ2n) is 4.20. The molecule has 0 aromatic heterocycles. The minimum atomic E-state index is -0.968. The molecular formula is C13H16F2N2O2S. The molecule has 7 heteroatoms. The summed E-state index contributed by atoms with van der Waals surface area (Å²) in [7, 11) is 0. The van der Waals surface area contributed by atoms with E-state index in [2.05, 4.69) is 10.6 Å². The number of thioether (sulfide) groups is 1. The summed E-state index contributed by atoms with van der Waals surface area (Å²) in [6, 6.07) is 2.78. The van der Waals surface area contributed by atoms with Crippen molar-refractivity contribution in [3.63, 3.8) is 0 Å². The highest BCUT2D eigenvalue weighted by molar-refractivity contribution is 8.00. The number of benzene rings is 1. The van der Waals surface area contributed by atoms with E-state index in [-0.39, 0.29) is 11.8 Å². The van der Waals surface area contributed by atoms with Crippen LogP contribution in [0.15, 0.2) is 23.1 Å². The lowest BCUT2D eigenvalue weighted by molar-refractivity contribution is -0.117. The quantitative estimate of drug-likeness (QED) is 0.822. The first-order valence-electron chi connectivity index (χ1n) is 6.10. The van der Waals surface area contributed by atoms with Gasteiger partial charge in [0.15, 0.2) is 11.6 Å². The Bertz CT molecular complexity index is 497. The first kappa shape index (κ1) is 16.4. The van der Waals surface area contributed by atoms with E-state index in [1.807, 2.05) is 13.8 Å². The van der Waals surface area contributed by atoms with E-state index in [1.54, 1.807) is 0 Å². The summed E-state index contributed by atoms with van der Waals surface area (Å²) < 4.78 is 25.7. The Kier molecular flexibility index (Phi) is 6.44. The maximum Gasteiger partial charge on any atom is 0.321 e. The largest absolute Gasteiger partial charge is 0.335 e. The first-order chi connectivity index (χ1) is 9.42. The van der Waals surface area contributed by atoms with Gasteiger partial charge in [-0.3, -0.25) is 10.1 Å². The number of rotatable bonds is 5. The number of hydrogen-bond donors (Lipinski definition) is 2. The number of hydrogen-bond acceptors (Lipinski definition) is 3. The van der Waals surface area contributed by atoms with Gasteiger partial charge in [0.25, 0.3) is 0 Å². The standard InChI is InChI=1S/C13H16F2N2O2S/c1-3-8(2)16-13(19)17-12(18)7-20-9-4-5-10(14)11(15)6-9/h4-6,8H,3,7H2,1-2H3,(H2,16,17,18,19)/t8-/m0/s1. The molecule has 2 N–H and O–H groups in total. The molecule has 0 radical (unpaired) electrons. The van der Waals surface area contributed by atoms with Gasteiger partial charge < -0.3 is 5.32 Å². The van der Waals surface area contributed by atoms with Gasteiger partial charge in [0.1, 0.15) is 0 Å². The molecule has 4 nitrogen and oxygen atoms in total. The van der Waals surface area contributed by atoms with Crippen molar-refractivity contribution in [2.24, 2.45) is 0 Å². The van der Waals surface area contributed by atoms with Gasteiger partial charge in [-0.15, -0.1) is 11.8 Å². The Morgan fingerprint density at radius 1 is 1.30 bits per heavy atom. The van der Waals surface area contributed by atoms with E-state index >= 15 is 0 Å². The molecule has 0 spiro atoms. The molecule has 110 valence electrons. The van der Waals surface area contributed by atoms with Crippen molar-refractivity contribution >= 4 is 23.7 Å². The molecule has 1 aromatic carbocycles. The fourth-order valence-corrected chi connectivity index (χ4v) is 1.96. The van der Waals surface area contributed by atoms with Crippen LogP contribution in [0.3, 0.4) is 0 Å². The third-order valence-electron chi connectivity index (χ3n) is 2.50. The fourth-order valence-electron chi connectivity index (χ4n) is 1.24. The summed E-state index contributed by atoms with van der Waals surface area (Å²) >= 11 is 1.02. The minimum Gasteiger partial charge on any atom is -0.335 e. The van der Waals surface area contributed by atoms with Gasteiger partial charge in [0.05, 0.1) is 5.75 Å². The Labute approximate surface area is 120 Å². The van der Waals surface area contributed by atoms with Crippen molar-refractivity contribution in [2.75, 3.05) is 5.75 Å². The molecule has 1 aromatic rings. The van der Waals surface area contributed by atoms with Gasteiger partial charge in [-0.25, -0.2) is 13.6 Å². The third kappa shape index (κ3) is 5.56. The summed E-state index contributed by atoms with van der Waals surface area (Å²) in [6.07, 6.45) is 0.755. The maximum absolute atomic E-state index is 12.9. The van der Waals surface area contributed by atoms with E-state index in [9.17, 15) is 18.4 Å². The minimum absolute atomic E-state index is 0.0263. The Morgan fingerprint density at radius 2 is 2.00 bits per heavy atom. The molecule has 0 aliphatic heterocycles. The van der Waals surface area contributed by atoms with Crippen molar-refractivity contribution in [1.29, 1.82) is 0 Å². The summed E-state index contributed by atoms with van der Waals surface area (Å²) in [4.78, 5) is 23.3. The summed E-state index contributed by atoms with van der Waals surface area (Å²) in [5.74, 6) is -2.46. The van der Waals surface area contributed by atoms with E-state index < -0.39 is 23.6 Å². The second-order valence-corrected chi connectivity index (χ2v) is 5.24. The van der Waals surface area contributed by atoms with E-state index in [0.29, 0.717) is 4.90 Å². The second kappa shape index (κ2) is 7.84. The number of nitrogens with one attached hydrogen (secondary N) is 2. The molecule has 20 heavy (non-hydrogen) atoms. The first-order valence-corrected chi connectivity index (χ1v) is 7.09. The van der Waals surface area contributed by atoms with E-state index in [0.717, 1.165) is 30.3 Å². The molecule has 0 heterocycles. The molecule has 3 amide bonds. The van der Waals surface area contributed by atoms with Crippen LogP contribution in [0.4, 0.5) is 13.6 Å². The average Bonchev–Trinajstić information content (AvgIpc) is 2.39. The van der Waals surface area contributed by atoms with Crippen LogP contribution < -0.4 is 10.6 Å². The Balaban J connectivity index is 2.39. The molecule has 0 saturated carbocycles. The summed E-state index contributed by atoms with van der Waals surface area (Å²) in [5.41, 5.74) is 0. The van der Waals surface area contributed by atoms with E-state index in [1.165, 1.54) is 6.07 Å². The SMILES string of the molecule is CC[C@H](C)NC(=O)NC(=O)CSc1ccc(F)c(F)c1. The number of imide groups is 1. The highest BCUT2D eigenvalue weighted by Crippen LogP contribution is 2.19. The molecule has 0 unspecified atom stereocenters. The molecule has 1 atom stereocenters. The maximum atomic E-state index is 12.9. The molecule has 0 aliphatic carbocycles. The van der Waals surface area contributed by atoms with Crippen molar-refractivity contribution in [3.8, 4) is 0 Å². The van der Waals surface area contributed by atoms with Crippen LogP contribution in [0.25, 0.3) is 0 Å². The molecular weight excluding hydrogens is 286 g/mol. The number of halogens is 2. The molecule has 0 saturated heterocycles. The number of amides is 3. The summed E-state index contributed by atoms with van der Waals surface area (Å²) in [6.45, 7) is 3.73. The van der Waals surface area contributed by atoms with Crippen molar-refractivity contribution < 1.29 is 18.4 Å². The average molecular weight is 302 g/mol. The van der Waals surface area contributed by atoms with Gasteiger partial charge in [-0.1, -0.05) is 6.92 Å².